The van der Waals surface area contributed by atoms with Gasteiger partial charge in [0.15, 0.2) is 0 Å². The zero-order chi connectivity index (χ0) is 15.9. The Kier molecular flexibility index (Phi) is 6.34. The first kappa shape index (κ1) is 16.9. The van der Waals surface area contributed by atoms with E-state index in [4.69, 9.17) is 22.1 Å². The third-order valence-electron chi connectivity index (χ3n) is 3.95. The van der Waals surface area contributed by atoms with E-state index in [2.05, 4.69) is 10.2 Å². The normalized spacial score (nSPS) is 15.5. The maximum atomic E-state index is 12.2. The molecule has 1 fully saturated rings. The van der Waals surface area contributed by atoms with Gasteiger partial charge in [-0.3, -0.25) is 4.79 Å². The molecule has 0 aliphatic carbocycles. The predicted molar refractivity (Wildman–Crippen MR) is 89.7 cm³/mol. The zero-order valence-electron chi connectivity index (χ0n) is 13.0. The molecular formula is C16H24ClN3O2. The first-order chi connectivity index (χ1) is 10.6. The average Bonchev–Trinajstić information content (AvgIpc) is 2.54. The third kappa shape index (κ3) is 4.52. The van der Waals surface area contributed by atoms with E-state index >= 15 is 0 Å². The number of nitrogens with two attached hydrogens (primary N) is 1. The Bertz CT molecular complexity index is 516. The van der Waals surface area contributed by atoms with Crippen LogP contribution in [0.25, 0.3) is 0 Å². The number of nitrogens with zero attached hydrogens (tertiary/aromatic N) is 1. The molecule has 0 atom stereocenters. The van der Waals surface area contributed by atoms with Gasteiger partial charge in [0.2, 0.25) is 0 Å². The number of nitrogen functional groups attached to an aromatic ring is 1. The number of piperidine rings is 1. The lowest BCUT2D eigenvalue weighted by molar-refractivity contribution is 0.0948. The number of halogens is 1. The summed E-state index contributed by atoms with van der Waals surface area (Å²) in [6, 6.07) is 3.13. The lowest BCUT2D eigenvalue weighted by Gasteiger charge is -2.26. The molecular weight excluding hydrogens is 302 g/mol. The number of rotatable bonds is 6. The van der Waals surface area contributed by atoms with Crippen LogP contribution in [-0.4, -0.2) is 44.1 Å². The van der Waals surface area contributed by atoms with E-state index < -0.39 is 0 Å². The number of nitrogens with one attached hydrogen (secondary N) is 1. The van der Waals surface area contributed by atoms with E-state index in [0.29, 0.717) is 28.6 Å². The fourth-order valence-electron chi connectivity index (χ4n) is 2.70. The first-order valence-electron chi connectivity index (χ1n) is 7.75. The van der Waals surface area contributed by atoms with Crippen molar-refractivity contribution in [3.8, 4) is 5.75 Å². The molecule has 0 spiro atoms. The summed E-state index contributed by atoms with van der Waals surface area (Å²) in [5.74, 6) is 0.257. The van der Waals surface area contributed by atoms with Crippen LogP contribution in [0.2, 0.25) is 5.02 Å². The van der Waals surface area contributed by atoms with Crippen LogP contribution in [0.4, 0.5) is 5.69 Å². The van der Waals surface area contributed by atoms with Crippen LogP contribution < -0.4 is 15.8 Å². The Hall–Kier alpha value is -1.46. The van der Waals surface area contributed by atoms with Gasteiger partial charge in [0.25, 0.3) is 5.91 Å². The summed E-state index contributed by atoms with van der Waals surface area (Å²) in [6.45, 7) is 4.02. The van der Waals surface area contributed by atoms with Crippen molar-refractivity contribution in [1.29, 1.82) is 0 Å². The Morgan fingerprint density at radius 3 is 2.77 bits per heavy atom. The summed E-state index contributed by atoms with van der Waals surface area (Å²) >= 11 is 5.98. The standard InChI is InChI=1S/C16H24ClN3O2/c1-22-15-11-14(18)13(17)10-12(15)16(21)19-6-5-9-20-7-3-2-4-8-20/h10-11H,2-9,18H2,1H3,(H,19,21). The van der Waals surface area contributed by atoms with Crippen LogP contribution in [0.5, 0.6) is 5.75 Å². The number of ether oxygens (including phenoxy) is 1. The van der Waals surface area contributed by atoms with Crippen LogP contribution in [0.3, 0.4) is 0 Å². The molecule has 122 valence electrons. The van der Waals surface area contributed by atoms with Crippen molar-refractivity contribution in [1.82, 2.24) is 10.2 Å². The molecule has 0 unspecified atom stereocenters. The van der Waals surface area contributed by atoms with E-state index in [0.717, 1.165) is 13.0 Å². The van der Waals surface area contributed by atoms with E-state index in [9.17, 15) is 4.79 Å². The van der Waals surface area contributed by atoms with Crippen molar-refractivity contribution >= 4 is 23.2 Å². The van der Waals surface area contributed by atoms with Crippen molar-refractivity contribution < 1.29 is 9.53 Å². The molecule has 1 aromatic rings. The van der Waals surface area contributed by atoms with Crippen LogP contribution in [0, 0.1) is 0 Å². The van der Waals surface area contributed by atoms with E-state index in [1.165, 1.54) is 39.5 Å². The van der Waals surface area contributed by atoms with Gasteiger partial charge in [-0.15, -0.1) is 0 Å². The number of amides is 1. The molecule has 0 bridgehead atoms. The Balaban J connectivity index is 1.83. The summed E-state index contributed by atoms with van der Waals surface area (Å²) in [4.78, 5) is 14.7. The van der Waals surface area contributed by atoms with Crippen LogP contribution >= 0.6 is 11.6 Å². The lowest BCUT2D eigenvalue weighted by Crippen LogP contribution is -2.33. The summed E-state index contributed by atoms with van der Waals surface area (Å²) in [7, 11) is 1.51. The fourth-order valence-corrected chi connectivity index (χ4v) is 2.86. The minimum atomic E-state index is -0.183. The lowest BCUT2D eigenvalue weighted by atomic mass is 10.1. The van der Waals surface area contributed by atoms with Gasteiger partial charge in [-0.25, -0.2) is 0 Å². The second-order valence-corrected chi connectivity index (χ2v) is 5.99. The number of hydrogen-bond donors (Lipinski definition) is 2. The van der Waals surface area contributed by atoms with Gasteiger partial charge in [-0.1, -0.05) is 18.0 Å². The number of likely N-dealkylation sites (tertiary alicyclic amines) is 1. The number of carbonyl (C=O) groups excluding carboxylic acids is 1. The summed E-state index contributed by atoms with van der Waals surface area (Å²) in [6.07, 6.45) is 4.85. The minimum Gasteiger partial charge on any atom is -0.496 e. The SMILES string of the molecule is COc1cc(N)c(Cl)cc1C(=O)NCCCN1CCCCC1. The molecule has 1 saturated heterocycles. The van der Waals surface area contributed by atoms with Gasteiger partial charge in [0, 0.05) is 12.6 Å². The maximum absolute atomic E-state index is 12.2. The molecule has 0 radical (unpaired) electrons. The van der Waals surface area contributed by atoms with Crippen molar-refractivity contribution in [2.75, 3.05) is 39.0 Å². The Morgan fingerprint density at radius 1 is 1.36 bits per heavy atom. The van der Waals surface area contributed by atoms with E-state index in [1.54, 1.807) is 12.1 Å². The number of carbonyl (C=O) groups is 1. The van der Waals surface area contributed by atoms with E-state index in [1.807, 2.05) is 0 Å². The molecule has 1 heterocycles. The summed E-state index contributed by atoms with van der Waals surface area (Å²) in [5.41, 5.74) is 6.54. The monoisotopic (exact) mass is 325 g/mol. The molecule has 6 heteroatoms. The fraction of sp³-hybridized carbons (Fsp3) is 0.562. The van der Waals surface area contributed by atoms with E-state index in [-0.39, 0.29) is 5.91 Å². The van der Waals surface area contributed by atoms with Gasteiger partial charge in [0.1, 0.15) is 5.75 Å². The second-order valence-electron chi connectivity index (χ2n) is 5.59. The molecule has 1 aliphatic heterocycles. The highest BCUT2D eigenvalue weighted by atomic mass is 35.5. The molecule has 0 saturated carbocycles. The molecule has 1 amide bonds. The molecule has 0 aromatic heterocycles. The quantitative estimate of drug-likeness (QED) is 0.623. The number of anilines is 1. The number of benzene rings is 1. The van der Waals surface area contributed by atoms with Crippen LogP contribution in [-0.2, 0) is 0 Å². The largest absolute Gasteiger partial charge is 0.496 e. The molecule has 5 nitrogen and oxygen atoms in total. The number of methoxy groups -OCH3 is 1. The smallest absolute Gasteiger partial charge is 0.255 e. The van der Waals surface area contributed by atoms with Gasteiger partial charge in [-0.2, -0.15) is 0 Å². The highest BCUT2D eigenvalue weighted by Crippen LogP contribution is 2.28. The minimum absolute atomic E-state index is 0.183. The maximum Gasteiger partial charge on any atom is 0.255 e. The van der Waals surface area contributed by atoms with Crippen molar-refractivity contribution in [2.45, 2.75) is 25.7 Å². The van der Waals surface area contributed by atoms with Crippen molar-refractivity contribution in [3.05, 3.63) is 22.7 Å². The Morgan fingerprint density at radius 2 is 2.09 bits per heavy atom. The molecule has 2 rings (SSSR count). The topological polar surface area (TPSA) is 67.6 Å². The third-order valence-corrected chi connectivity index (χ3v) is 4.28. The molecule has 22 heavy (non-hydrogen) atoms. The first-order valence-corrected chi connectivity index (χ1v) is 8.13. The zero-order valence-corrected chi connectivity index (χ0v) is 13.8. The van der Waals surface area contributed by atoms with Gasteiger partial charge in [-0.05, 0) is 45.0 Å². The molecule has 3 N–H and O–H groups in total. The predicted octanol–water partition coefficient (Wildman–Crippen LogP) is 2.54. The Labute approximate surface area is 136 Å². The second kappa shape index (κ2) is 8.25. The van der Waals surface area contributed by atoms with Crippen LogP contribution in [0.1, 0.15) is 36.0 Å². The van der Waals surface area contributed by atoms with Crippen molar-refractivity contribution in [2.24, 2.45) is 0 Å². The van der Waals surface area contributed by atoms with Gasteiger partial charge >= 0.3 is 0 Å². The summed E-state index contributed by atoms with van der Waals surface area (Å²) in [5, 5.41) is 3.28. The van der Waals surface area contributed by atoms with Gasteiger partial charge in [0.05, 0.1) is 23.4 Å². The highest BCUT2D eigenvalue weighted by molar-refractivity contribution is 6.33. The number of hydrogen-bond acceptors (Lipinski definition) is 4. The van der Waals surface area contributed by atoms with Crippen LogP contribution in [0.15, 0.2) is 12.1 Å². The van der Waals surface area contributed by atoms with Gasteiger partial charge < -0.3 is 20.7 Å². The summed E-state index contributed by atoms with van der Waals surface area (Å²) < 4.78 is 5.20. The van der Waals surface area contributed by atoms with Crippen molar-refractivity contribution in [3.63, 3.8) is 0 Å². The highest BCUT2D eigenvalue weighted by Gasteiger charge is 2.15. The average molecular weight is 326 g/mol. The molecule has 1 aromatic carbocycles. The molecule has 1 aliphatic rings.